The molecule has 3 rings (SSSR count). The largest absolute Gasteiger partial charge is 0.352 e. The molecule has 0 saturated heterocycles. The number of hydrogen-bond acceptors (Lipinski definition) is 4. The quantitative estimate of drug-likeness (QED) is 0.580. The summed E-state index contributed by atoms with van der Waals surface area (Å²) in [5.74, 6) is -0.343. The van der Waals surface area contributed by atoms with Gasteiger partial charge >= 0.3 is 0 Å². The zero-order chi connectivity index (χ0) is 20.7. The molecular weight excluding hydrogens is 386 g/mol. The minimum atomic E-state index is -3.10. The highest BCUT2D eigenvalue weighted by atomic mass is 32.2. The smallest absolute Gasteiger partial charge is 0.244 e. The highest BCUT2D eigenvalue weighted by Crippen LogP contribution is 2.24. The molecule has 0 bridgehead atoms. The molecule has 0 aliphatic rings. The Balaban J connectivity index is 1.81. The number of benzene rings is 2. The Kier molecular flexibility index (Phi) is 6.61. The van der Waals surface area contributed by atoms with Crippen molar-refractivity contribution in [2.24, 2.45) is 0 Å². The Bertz CT molecular complexity index is 1090. The van der Waals surface area contributed by atoms with Gasteiger partial charge in [-0.3, -0.25) is 4.79 Å². The van der Waals surface area contributed by atoms with Crippen molar-refractivity contribution < 1.29 is 13.2 Å². The maximum absolute atomic E-state index is 12.1. The molecule has 0 fully saturated rings. The van der Waals surface area contributed by atoms with E-state index >= 15 is 0 Å². The Morgan fingerprint density at radius 2 is 1.72 bits per heavy atom. The van der Waals surface area contributed by atoms with Crippen LogP contribution in [0.2, 0.25) is 0 Å². The number of aromatic nitrogens is 2. The number of sulfone groups is 1. The van der Waals surface area contributed by atoms with Gasteiger partial charge in [0.15, 0.2) is 9.84 Å². The van der Waals surface area contributed by atoms with Gasteiger partial charge in [0.05, 0.1) is 17.1 Å². The first-order valence-electron chi connectivity index (χ1n) is 9.35. The van der Waals surface area contributed by atoms with E-state index in [-0.39, 0.29) is 24.0 Å². The van der Waals surface area contributed by atoms with E-state index in [0.29, 0.717) is 0 Å². The summed E-state index contributed by atoms with van der Waals surface area (Å²) in [6.07, 6.45) is 4.96. The van der Waals surface area contributed by atoms with Crippen molar-refractivity contribution >= 4 is 21.8 Å². The van der Waals surface area contributed by atoms with Crippen molar-refractivity contribution in [3.05, 3.63) is 78.5 Å². The van der Waals surface area contributed by atoms with Gasteiger partial charge in [-0.05, 0) is 18.2 Å². The van der Waals surface area contributed by atoms with Crippen LogP contribution >= 0.6 is 0 Å². The lowest BCUT2D eigenvalue weighted by Gasteiger charge is -2.02. The van der Waals surface area contributed by atoms with Crippen molar-refractivity contribution in [2.75, 3.05) is 18.1 Å². The fourth-order valence-corrected chi connectivity index (χ4v) is 3.44. The summed E-state index contributed by atoms with van der Waals surface area (Å²) < 4.78 is 24.8. The third kappa shape index (κ3) is 5.65. The van der Waals surface area contributed by atoms with E-state index in [0.717, 1.165) is 22.5 Å². The summed E-state index contributed by atoms with van der Waals surface area (Å²) >= 11 is 0. The Morgan fingerprint density at radius 3 is 2.38 bits per heavy atom. The Hall–Kier alpha value is -3.19. The lowest BCUT2D eigenvalue weighted by molar-refractivity contribution is -0.116. The fraction of sp³-hybridized carbons (Fsp3) is 0.182. The van der Waals surface area contributed by atoms with E-state index in [1.54, 1.807) is 17.7 Å². The van der Waals surface area contributed by atoms with E-state index in [1.165, 1.54) is 6.08 Å². The van der Waals surface area contributed by atoms with Crippen LogP contribution in [0.5, 0.6) is 0 Å². The molecule has 0 saturated carbocycles. The van der Waals surface area contributed by atoms with Crippen LogP contribution < -0.4 is 5.32 Å². The first kappa shape index (κ1) is 20.5. The molecule has 6 nitrogen and oxygen atoms in total. The van der Waals surface area contributed by atoms with Crippen LogP contribution in [0.1, 0.15) is 12.5 Å². The number of rotatable bonds is 8. The summed E-state index contributed by atoms with van der Waals surface area (Å²) in [5, 5.41) is 7.30. The lowest BCUT2D eigenvalue weighted by Crippen LogP contribution is -2.28. The molecule has 0 aliphatic carbocycles. The van der Waals surface area contributed by atoms with Crippen molar-refractivity contribution in [3.63, 3.8) is 0 Å². The van der Waals surface area contributed by atoms with Gasteiger partial charge in [-0.1, -0.05) is 55.5 Å². The topological polar surface area (TPSA) is 81.1 Å². The summed E-state index contributed by atoms with van der Waals surface area (Å²) in [5.41, 5.74) is 3.40. The minimum Gasteiger partial charge on any atom is -0.352 e. The molecule has 1 N–H and O–H groups in total. The van der Waals surface area contributed by atoms with Crippen LogP contribution in [0.15, 0.2) is 72.9 Å². The number of nitrogens with one attached hydrogen (secondary N) is 1. The molecule has 2 aromatic carbocycles. The second-order valence-corrected chi connectivity index (χ2v) is 8.91. The van der Waals surface area contributed by atoms with E-state index in [4.69, 9.17) is 0 Å². The molecule has 0 atom stereocenters. The van der Waals surface area contributed by atoms with Gasteiger partial charge in [0.1, 0.15) is 0 Å². The van der Waals surface area contributed by atoms with Crippen molar-refractivity contribution in [1.82, 2.24) is 15.1 Å². The molecule has 0 aliphatic heterocycles. The molecule has 7 heteroatoms. The number of amides is 1. The SMILES string of the molecule is CCS(=O)(=O)CCNC(=O)/C=C/c1cn(-c2ccccc2)nc1-c1ccccc1. The number of nitrogens with zero attached hydrogens (tertiary/aromatic N) is 2. The number of carbonyl (C=O) groups is 1. The molecular formula is C22H23N3O3S. The summed E-state index contributed by atoms with van der Waals surface area (Å²) in [7, 11) is -3.10. The maximum atomic E-state index is 12.1. The summed E-state index contributed by atoms with van der Waals surface area (Å²) in [6, 6.07) is 19.5. The lowest BCUT2D eigenvalue weighted by atomic mass is 10.1. The van der Waals surface area contributed by atoms with Crippen LogP contribution in [-0.2, 0) is 14.6 Å². The average Bonchev–Trinajstić information content (AvgIpc) is 3.18. The fourth-order valence-electron chi connectivity index (χ4n) is 2.74. The Labute approximate surface area is 170 Å². The molecule has 1 aromatic heterocycles. The van der Waals surface area contributed by atoms with E-state index in [9.17, 15) is 13.2 Å². The second kappa shape index (κ2) is 9.34. The van der Waals surface area contributed by atoms with Gasteiger partial charge in [0.25, 0.3) is 0 Å². The number of hydrogen-bond donors (Lipinski definition) is 1. The van der Waals surface area contributed by atoms with Gasteiger partial charge in [0.2, 0.25) is 5.91 Å². The number of carbonyl (C=O) groups excluding carboxylic acids is 1. The van der Waals surface area contributed by atoms with Crippen LogP contribution in [0, 0.1) is 0 Å². The van der Waals surface area contributed by atoms with E-state index in [1.807, 2.05) is 66.9 Å². The van der Waals surface area contributed by atoms with Crippen LogP contribution in [-0.4, -0.2) is 42.2 Å². The van der Waals surface area contributed by atoms with Gasteiger partial charge in [-0.15, -0.1) is 0 Å². The van der Waals surface area contributed by atoms with Gasteiger partial charge in [0, 0.05) is 35.7 Å². The van der Waals surface area contributed by atoms with Crippen LogP contribution in [0.3, 0.4) is 0 Å². The molecule has 150 valence electrons. The van der Waals surface area contributed by atoms with E-state index in [2.05, 4.69) is 10.4 Å². The third-order valence-electron chi connectivity index (χ3n) is 4.38. The highest BCUT2D eigenvalue weighted by Gasteiger charge is 2.11. The van der Waals surface area contributed by atoms with Crippen molar-refractivity contribution in [2.45, 2.75) is 6.92 Å². The Morgan fingerprint density at radius 1 is 1.07 bits per heavy atom. The van der Waals surface area contributed by atoms with E-state index < -0.39 is 9.84 Å². The average molecular weight is 410 g/mol. The molecule has 1 amide bonds. The third-order valence-corrected chi connectivity index (χ3v) is 6.08. The minimum absolute atomic E-state index is 0.0652. The predicted molar refractivity (Wildman–Crippen MR) is 115 cm³/mol. The standard InChI is InChI=1S/C22H23N3O3S/c1-2-29(27,28)16-15-23-21(26)14-13-19-17-25(20-11-7-4-8-12-20)24-22(19)18-9-5-3-6-10-18/h3-14,17H,2,15-16H2,1H3,(H,23,26)/b14-13+. The summed E-state index contributed by atoms with van der Waals surface area (Å²) in [4.78, 5) is 12.1. The first-order chi connectivity index (χ1) is 14.0. The second-order valence-electron chi connectivity index (χ2n) is 6.44. The van der Waals surface area contributed by atoms with Gasteiger partial charge < -0.3 is 5.32 Å². The highest BCUT2D eigenvalue weighted by molar-refractivity contribution is 7.91. The molecule has 29 heavy (non-hydrogen) atoms. The van der Waals surface area contributed by atoms with Crippen LogP contribution in [0.25, 0.3) is 23.0 Å². The zero-order valence-corrected chi connectivity index (χ0v) is 17.0. The maximum Gasteiger partial charge on any atom is 0.244 e. The van der Waals surface area contributed by atoms with Crippen LogP contribution in [0.4, 0.5) is 0 Å². The monoisotopic (exact) mass is 409 g/mol. The molecule has 3 aromatic rings. The van der Waals surface area contributed by atoms with Crippen molar-refractivity contribution in [1.29, 1.82) is 0 Å². The number of para-hydroxylation sites is 1. The van der Waals surface area contributed by atoms with Crippen molar-refractivity contribution in [3.8, 4) is 16.9 Å². The molecule has 0 spiro atoms. The molecule has 0 radical (unpaired) electrons. The first-order valence-corrected chi connectivity index (χ1v) is 11.2. The molecule has 1 heterocycles. The molecule has 0 unspecified atom stereocenters. The zero-order valence-electron chi connectivity index (χ0n) is 16.2. The predicted octanol–water partition coefficient (Wildman–Crippen LogP) is 3.10. The van der Waals surface area contributed by atoms with Gasteiger partial charge in [-0.25, -0.2) is 13.1 Å². The van der Waals surface area contributed by atoms with Gasteiger partial charge in [-0.2, -0.15) is 5.10 Å². The summed E-state index contributed by atoms with van der Waals surface area (Å²) in [6.45, 7) is 1.68. The normalized spacial score (nSPS) is 11.6.